The van der Waals surface area contributed by atoms with Crippen LogP contribution < -0.4 is 5.32 Å². The fourth-order valence-electron chi connectivity index (χ4n) is 1.45. The largest absolute Gasteiger partial charge is 0.379 e. The van der Waals surface area contributed by atoms with Gasteiger partial charge in [0.25, 0.3) is 15.0 Å². The highest BCUT2D eigenvalue weighted by atomic mass is 35.7. The number of amides is 1. The van der Waals surface area contributed by atoms with Crippen molar-refractivity contribution >= 4 is 25.6 Å². The Balaban J connectivity index is 2.52. The van der Waals surface area contributed by atoms with Gasteiger partial charge in [0.2, 0.25) is 0 Å². The summed E-state index contributed by atoms with van der Waals surface area (Å²) in [5, 5.41) is 2.65. The van der Waals surface area contributed by atoms with Crippen molar-refractivity contribution < 1.29 is 17.9 Å². The molecular formula is C13H18ClNO4S. The number of carbonyl (C=O) groups excluding carboxylic acids is 1. The van der Waals surface area contributed by atoms with Crippen molar-refractivity contribution in [2.24, 2.45) is 5.92 Å². The maximum Gasteiger partial charge on any atom is 0.261 e. The van der Waals surface area contributed by atoms with E-state index in [1.165, 1.54) is 24.3 Å². The summed E-state index contributed by atoms with van der Waals surface area (Å²) in [6.07, 6.45) is 0. The van der Waals surface area contributed by atoms with Gasteiger partial charge >= 0.3 is 0 Å². The van der Waals surface area contributed by atoms with Gasteiger partial charge in [0, 0.05) is 29.4 Å². The molecule has 20 heavy (non-hydrogen) atoms. The molecule has 0 spiro atoms. The lowest BCUT2D eigenvalue weighted by Crippen LogP contribution is -2.27. The lowest BCUT2D eigenvalue weighted by molar-refractivity contribution is 0.0886. The third-order valence-electron chi connectivity index (χ3n) is 2.36. The van der Waals surface area contributed by atoms with Crippen molar-refractivity contribution in [1.82, 2.24) is 5.32 Å². The van der Waals surface area contributed by atoms with Crippen molar-refractivity contribution in [3.8, 4) is 0 Å². The number of nitrogens with one attached hydrogen (secondary N) is 1. The number of carbonyl (C=O) groups is 1. The predicted octanol–water partition coefficient (Wildman–Crippen LogP) is 2.02. The molecule has 0 unspecified atom stereocenters. The van der Waals surface area contributed by atoms with E-state index in [0.29, 0.717) is 25.7 Å². The molecule has 0 radical (unpaired) electrons. The molecule has 0 aromatic heterocycles. The average molecular weight is 320 g/mol. The molecule has 0 atom stereocenters. The van der Waals surface area contributed by atoms with Crippen LogP contribution in [0.25, 0.3) is 0 Å². The first-order valence-corrected chi connectivity index (χ1v) is 8.52. The third-order valence-corrected chi connectivity index (χ3v) is 3.71. The number of ether oxygens (including phenoxy) is 1. The van der Waals surface area contributed by atoms with E-state index < -0.39 is 9.05 Å². The first kappa shape index (κ1) is 16.9. The molecule has 1 aromatic carbocycles. The highest BCUT2D eigenvalue weighted by Crippen LogP contribution is 2.15. The maximum atomic E-state index is 11.8. The molecule has 1 amide bonds. The molecule has 0 saturated carbocycles. The number of halogens is 1. The van der Waals surface area contributed by atoms with Crippen LogP contribution in [0, 0.1) is 5.92 Å². The maximum absolute atomic E-state index is 11.8. The zero-order valence-electron chi connectivity index (χ0n) is 11.4. The van der Waals surface area contributed by atoms with E-state index in [4.69, 9.17) is 15.4 Å². The minimum Gasteiger partial charge on any atom is -0.379 e. The van der Waals surface area contributed by atoms with E-state index >= 15 is 0 Å². The molecule has 0 aliphatic rings. The van der Waals surface area contributed by atoms with Crippen molar-refractivity contribution in [1.29, 1.82) is 0 Å². The molecular weight excluding hydrogens is 302 g/mol. The van der Waals surface area contributed by atoms with Crippen LogP contribution in [0.5, 0.6) is 0 Å². The molecule has 0 fully saturated rings. The first-order valence-electron chi connectivity index (χ1n) is 6.21. The van der Waals surface area contributed by atoms with E-state index in [2.05, 4.69) is 5.32 Å². The fraction of sp³-hybridized carbons (Fsp3) is 0.462. The molecule has 1 rings (SSSR count). The Morgan fingerprint density at radius 1 is 1.40 bits per heavy atom. The molecule has 0 bridgehead atoms. The SMILES string of the molecule is CC(C)COCCNC(=O)c1cccc(S(=O)(=O)Cl)c1. The van der Waals surface area contributed by atoms with E-state index in [-0.39, 0.29) is 16.4 Å². The van der Waals surface area contributed by atoms with Crippen LogP contribution >= 0.6 is 10.7 Å². The molecule has 112 valence electrons. The smallest absolute Gasteiger partial charge is 0.261 e. The second kappa shape index (κ2) is 7.61. The summed E-state index contributed by atoms with van der Waals surface area (Å²) < 4.78 is 27.7. The van der Waals surface area contributed by atoms with Crippen LogP contribution in [0.15, 0.2) is 29.2 Å². The number of hydrogen-bond acceptors (Lipinski definition) is 4. The summed E-state index contributed by atoms with van der Waals surface area (Å²) in [6.45, 7) is 5.49. The van der Waals surface area contributed by atoms with E-state index in [9.17, 15) is 13.2 Å². The highest BCUT2D eigenvalue weighted by molar-refractivity contribution is 8.13. The topological polar surface area (TPSA) is 72.5 Å². The Morgan fingerprint density at radius 3 is 2.70 bits per heavy atom. The Hall–Kier alpha value is -1.11. The zero-order valence-corrected chi connectivity index (χ0v) is 13.0. The predicted molar refractivity (Wildman–Crippen MR) is 77.5 cm³/mol. The van der Waals surface area contributed by atoms with Gasteiger partial charge in [-0.15, -0.1) is 0 Å². The van der Waals surface area contributed by atoms with Crippen LogP contribution in [-0.4, -0.2) is 34.1 Å². The quantitative estimate of drug-likeness (QED) is 0.616. The van der Waals surface area contributed by atoms with Gasteiger partial charge in [0.1, 0.15) is 0 Å². The number of benzene rings is 1. The standard InChI is InChI=1S/C13H18ClNO4S/c1-10(2)9-19-7-6-15-13(16)11-4-3-5-12(8-11)20(14,17)18/h3-5,8,10H,6-7,9H2,1-2H3,(H,15,16). The molecule has 5 nitrogen and oxygen atoms in total. The van der Waals surface area contributed by atoms with Crippen LogP contribution in [0.1, 0.15) is 24.2 Å². The van der Waals surface area contributed by atoms with Gasteiger partial charge in [-0.2, -0.15) is 0 Å². The van der Waals surface area contributed by atoms with Crippen molar-refractivity contribution in [2.75, 3.05) is 19.8 Å². The minimum absolute atomic E-state index is 0.0946. The Kier molecular flexibility index (Phi) is 6.45. The van der Waals surface area contributed by atoms with Gasteiger partial charge in [-0.05, 0) is 24.1 Å². The Bertz CT molecular complexity index is 557. The minimum atomic E-state index is -3.83. The zero-order chi connectivity index (χ0) is 15.2. The van der Waals surface area contributed by atoms with Gasteiger partial charge in [-0.25, -0.2) is 8.42 Å². The third kappa shape index (κ3) is 5.90. The summed E-state index contributed by atoms with van der Waals surface area (Å²) in [6, 6.07) is 5.58. The highest BCUT2D eigenvalue weighted by Gasteiger charge is 2.13. The Labute approximate surface area is 123 Å². The van der Waals surface area contributed by atoms with Crippen LogP contribution in [-0.2, 0) is 13.8 Å². The fourth-order valence-corrected chi connectivity index (χ4v) is 2.24. The second-order valence-corrected chi connectivity index (χ2v) is 7.26. The summed E-state index contributed by atoms with van der Waals surface area (Å²) in [4.78, 5) is 11.7. The molecule has 1 aromatic rings. The van der Waals surface area contributed by atoms with Gasteiger partial charge in [0.15, 0.2) is 0 Å². The normalized spacial score (nSPS) is 11.6. The van der Waals surface area contributed by atoms with Crippen molar-refractivity contribution in [3.05, 3.63) is 29.8 Å². The van der Waals surface area contributed by atoms with Gasteiger partial charge in [-0.3, -0.25) is 4.79 Å². The molecule has 0 aliphatic carbocycles. The monoisotopic (exact) mass is 319 g/mol. The van der Waals surface area contributed by atoms with Crippen LogP contribution in [0.2, 0.25) is 0 Å². The first-order chi connectivity index (χ1) is 9.30. The number of rotatable bonds is 7. The van der Waals surface area contributed by atoms with Gasteiger partial charge in [0.05, 0.1) is 11.5 Å². The summed E-state index contributed by atoms with van der Waals surface area (Å²) in [5.41, 5.74) is 0.246. The summed E-state index contributed by atoms with van der Waals surface area (Å²) in [7, 11) is 1.40. The van der Waals surface area contributed by atoms with Crippen LogP contribution in [0.4, 0.5) is 0 Å². The average Bonchev–Trinajstić information content (AvgIpc) is 2.37. The van der Waals surface area contributed by atoms with Gasteiger partial charge in [-0.1, -0.05) is 19.9 Å². The van der Waals surface area contributed by atoms with E-state index in [0.717, 1.165) is 0 Å². The summed E-state index contributed by atoms with van der Waals surface area (Å²) in [5.74, 6) is 0.0802. The molecule has 1 N–H and O–H groups in total. The van der Waals surface area contributed by atoms with Crippen molar-refractivity contribution in [2.45, 2.75) is 18.7 Å². The van der Waals surface area contributed by atoms with Crippen molar-refractivity contribution in [3.63, 3.8) is 0 Å². The molecule has 0 saturated heterocycles. The summed E-state index contributed by atoms with van der Waals surface area (Å²) >= 11 is 0. The number of hydrogen-bond donors (Lipinski definition) is 1. The van der Waals surface area contributed by atoms with Crippen LogP contribution in [0.3, 0.4) is 0 Å². The molecule has 0 aliphatic heterocycles. The Morgan fingerprint density at radius 2 is 2.10 bits per heavy atom. The lowest BCUT2D eigenvalue weighted by atomic mass is 10.2. The second-order valence-electron chi connectivity index (χ2n) is 4.69. The lowest BCUT2D eigenvalue weighted by Gasteiger charge is -2.08. The molecule has 0 heterocycles. The van der Waals surface area contributed by atoms with Gasteiger partial charge < -0.3 is 10.1 Å². The molecule has 7 heteroatoms. The van der Waals surface area contributed by atoms with E-state index in [1.54, 1.807) is 0 Å². The van der Waals surface area contributed by atoms with E-state index in [1.807, 2.05) is 13.8 Å².